The fraction of sp³-hybridized carbons (Fsp3) is 0.435. The number of piperidine rings is 1. The number of rotatable bonds is 8. The summed E-state index contributed by atoms with van der Waals surface area (Å²) in [6.45, 7) is 3.45. The molecule has 1 saturated heterocycles. The van der Waals surface area contributed by atoms with Crippen molar-refractivity contribution in [3.63, 3.8) is 0 Å². The van der Waals surface area contributed by atoms with Crippen molar-refractivity contribution in [1.29, 1.82) is 0 Å². The molecule has 3 rings (SSSR count). The summed E-state index contributed by atoms with van der Waals surface area (Å²) in [7, 11) is 3.42. The van der Waals surface area contributed by atoms with Crippen LogP contribution in [0, 0.1) is 10.1 Å². The van der Waals surface area contributed by atoms with E-state index in [9.17, 15) is 10.1 Å². The fourth-order valence-electron chi connectivity index (χ4n) is 3.85. The van der Waals surface area contributed by atoms with Crippen molar-refractivity contribution in [2.45, 2.75) is 31.8 Å². The minimum atomic E-state index is -0.391. The number of aliphatic imine (C=N–C) groups is 1. The molecule has 0 aliphatic carbocycles. The van der Waals surface area contributed by atoms with Crippen molar-refractivity contribution < 1.29 is 9.66 Å². The Morgan fingerprint density at radius 2 is 1.77 bits per heavy atom. The highest BCUT2D eigenvalue weighted by Crippen LogP contribution is 2.25. The number of hydrogen-bond donors (Lipinski definition) is 2. The fourth-order valence-corrected chi connectivity index (χ4v) is 3.85. The Morgan fingerprint density at radius 3 is 2.35 bits per heavy atom. The van der Waals surface area contributed by atoms with Gasteiger partial charge in [-0.2, -0.15) is 0 Å². The Bertz CT molecular complexity index is 862. The third-order valence-corrected chi connectivity index (χ3v) is 5.63. The third-order valence-electron chi connectivity index (χ3n) is 5.63. The molecule has 0 amide bonds. The molecule has 8 heteroatoms. The maximum Gasteiger partial charge on any atom is 0.269 e. The van der Waals surface area contributed by atoms with Crippen LogP contribution in [0.5, 0.6) is 5.75 Å². The molecule has 1 unspecified atom stereocenters. The van der Waals surface area contributed by atoms with E-state index < -0.39 is 4.92 Å². The number of guanidine groups is 1. The topological polar surface area (TPSA) is 92.0 Å². The van der Waals surface area contributed by atoms with Crippen LogP contribution in [0.15, 0.2) is 53.5 Å². The second-order valence-electron chi connectivity index (χ2n) is 7.62. The highest BCUT2D eigenvalue weighted by Gasteiger charge is 2.22. The van der Waals surface area contributed by atoms with Gasteiger partial charge in [0.25, 0.3) is 5.69 Å². The van der Waals surface area contributed by atoms with Gasteiger partial charge >= 0.3 is 0 Å². The second kappa shape index (κ2) is 11.3. The van der Waals surface area contributed by atoms with E-state index in [0.717, 1.165) is 30.9 Å². The number of likely N-dealkylation sites (tertiary alicyclic amines) is 1. The molecule has 1 aliphatic heterocycles. The van der Waals surface area contributed by atoms with Gasteiger partial charge in [-0.15, -0.1) is 0 Å². The molecule has 2 N–H and O–H groups in total. The molecule has 1 atom stereocenters. The van der Waals surface area contributed by atoms with Crippen LogP contribution < -0.4 is 15.4 Å². The van der Waals surface area contributed by atoms with Crippen LogP contribution in [0.4, 0.5) is 5.69 Å². The molecule has 2 aromatic carbocycles. The van der Waals surface area contributed by atoms with Crippen LogP contribution in [0.2, 0.25) is 0 Å². The maximum absolute atomic E-state index is 10.8. The number of nitrogens with one attached hydrogen (secondary N) is 2. The van der Waals surface area contributed by atoms with Crippen LogP contribution in [0.25, 0.3) is 0 Å². The van der Waals surface area contributed by atoms with Gasteiger partial charge in [0.05, 0.1) is 18.1 Å². The summed E-state index contributed by atoms with van der Waals surface area (Å²) in [5.74, 6) is 1.56. The zero-order valence-corrected chi connectivity index (χ0v) is 18.2. The molecule has 2 aromatic rings. The summed E-state index contributed by atoms with van der Waals surface area (Å²) in [6.07, 6.45) is 3.73. The molecular formula is C23H31N5O3. The van der Waals surface area contributed by atoms with Crippen molar-refractivity contribution in [2.75, 3.05) is 33.8 Å². The van der Waals surface area contributed by atoms with E-state index in [2.05, 4.69) is 32.7 Å². The SMILES string of the molecule is CN=C(NCc1ccc([N+](=O)[O-])cc1)NCC(c1ccc(OC)cc1)N1CCCCC1. The van der Waals surface area contributed by atoms with Gasteiger partial charge in [-0.25, -0.2) is 0 Å². The van der Waals surface area contributed by atoms with Gasteiger partial charge in [0.2, 0.25) is 0 Å². The van der Waals surface area contributed by atoms with E-state index in [-0.39, 0.29) is 11.7 Å². The van der Waals surface area contributed by atoms with Crippen LogP contribution in [-0.4, -0.2) is 49.6 Å². The second-order valence-corrected chi connectivity index (χ2v) is 7.62. The summed E-state index contributed by atoms with van der Waals surface area (Å²) in [5.41, 5.74) is 2.30. The number of nitrogens with zero attached hydrogens (tertiary/aromatic N) is 3. The molecule has 1 fully saturated rings. The molecule has 0 spiro atoms. The number of ether oxygens (including phenoxy) is 1. The standard InChI is InChI=1S/C23H31N5O3/c1-24-23(25-16-18-6-10-20(11-7-18)28(29)30)26-17-22(27-14-4-3-5-15-27)19-8-12-21(31-2)13-9-19/h6-13,22H,3-5,14-17H2,1-2H3,(H2,24,25,26). The van der Waals surface area contributed by atoms with Gasteiger partial charge in [0.1, 0.15) is 5.75 Å². The molecule has 0 aromatic heterocycles. The zero-order chi connectivity index (χ0) is 22.1. The van der Waals surface area contributed by atoms with Crippen LogP contribution in [0.3, 0.4) is 0 Å². The largest absolute Gasteiger partial charge is 0.497 e. The van der Waals surface area contributed by atoms with Gasteiger partial charge < -0.3 is 15.4 Å². The van der Waals surface area contributed by atoms with Crippen molar-refractivity contribution in [2.24, 2.45) is 4.99 Å². The summed E-state index contributed by atoms with van der Waals surface area (Å²) >= 11 is 0. The van der Waals surface area contributed by atoms with Crippen molar-refractivity contribution in [3.8, 4) is 5.75 Å². The van der Waals surface area contributed by atoms with E-state index in [4.69, 9.17) is 4.74 Å². The normalized spacial score (nSPS) is 15.9. The van der Waals surface area contributed by atoms with E-state index in [1.54, 1.807) is 26.3 Å². The van der Waals surface area contributed by atoms with E-state index >= 15 is 0 Å². The molecule has 1 heterocycles. The van der Waals surface area contributed by atoms with E-state index in [0.29, 0.717) is 12.5 Å². The monoisotopic (exact) mass is 425 g/mol. The highest BCUT2D eigenvalue weighted by atomic mass is 16.6. The van der Waals surface area contributed by atoms with Crippen molar-refractivity contribution in [3.05, 3.63) is 69.8 Å². The highest BCUT2D eigenvalue weighted by molar-refractivity contribution is 5.79. The quantitative estimate of drug-likeness (QED) is 0.291. The smallest absolute Gasteiger partial charge is 0.269 e. The average Bonchev–Trinajstić information content (AvgIpc) is 2.82. The first-order valence-corrected chi connectivity index (χ1v) is 10.7. The predicted octanol–water partition coefficient (Wildman–Crippen LogP) is 3.50. The molecule has 8 nitrogen and oxygen atoms in total. The van der Waals surface area contributed by atoms with Gasteiger partial charge in [-0.3, -0.25) is 20.0 Å². The Labute approximate surface area is 183 Å². The zero-order valence-electron chi connectivity index (χ0n) is 18.2. The Balaban J connectivity index is 1.61. The minimum Gasteiger partial charge on any atom is -0.497 e. The first-order valence-electron chi connectivity index (χ1n) is 10.7. The summed E-state index contributed by atoms with van der Waals surface area (Å²) in [4.78, 5) is 17.3. The number of non-ortho nitro benzene ring substituents is 1. The first-order chi connectivity index (χ1) is 15.1. The van der Waals surface area contributed by atoms with Gasteiger partial charge in [0.15, 0.2) is 5.96 Å². The maximum atomic E-state index is 10.8. The molecule has 0 bridgehead atoms. The summed E-state index contributed by atoms with van der Waals surface area (Å²) in [5, 5.41) is 17.6. The van der Waals surface area contributed by atoms with Crippen LogP contribution in [-0.2, 0) is 6.54 Å². The van der Waals surface area contributed by atoms with Gasteiger partial charge in [0, 0.05) is 32.3 Å². The number of methoxy groups -OCH3 is 1. The molecule has 0 radical (unpaired) electrons. The average molecular weight is 426 g/mol. The van der Waals surface area contributed by atoms with Crippen molar-refractivity contribution >= 4 is 11.6 Å². The number of nitro benzene ring substituents is 1. The molecule has 31 heavy (non-hydrogen) atoms. The van der Waals surface area contributed by atoms with Crippen LogP contribution in [0.1, 0.15) is 36.4 Å². The lowest BCUT2D eigenvalue weighted by Gasteiger charge is -2.35. The first kappa shape index (κ1) is 22.6. The van der Waals surface area contributed by atoms with Gasteiger partial charge in [-0.1, -0.05) is 30.7 Å². The Hall–Kier alpha value is -3.13. The molecule has 0 saturated carbocycles. The number of hydrogen-bond acceptors (Lipinski definition) is 5. The molecule has 1 aliphatic rings. The predicted molar refractivity (Wildman–Crippen MR) is 122 cm³/mol. The number of benzene rings is 2. The lowest BCUT2D eigenvalue weighted by molar-refractivity contribution is -0.384. The summed E-state index contributed by atoms with van der Waals surface area (Å²) in [6, 6.07) is 15.1. The summed E-state index contributed by atoms with van der Waals surface area (Å²) < 4.78 is 5.31. The van der Waals surface area contributed by atoms with Gasteiger partial charge in [-0.05, 0) is 49.2 Å². The lowest BCUT2D eigenvalue weighted by Crippen LogP contribution is -2.44. The number of nitro groups is 1. The Kier molecular flexibility index (Phi) is 8.23. The third kappa shape index (κ3) is 6.42. The Morgan fingerprint density at radius 1 is 1.10 bits per heavy atom. The molecule has 166 valence electrons. The van der Waals surface area contributed by atoms with Crippen molar-refractivity contribution in [1.82, 2.24) is 15.5 Å². The molecular weight excluding hydrogens is 394 g/mol. The lowest BCUT2D eigenvalue weighted by atomic mass is 10.0. The van der Waals surface area contributed by atoms with Crippen LogP contribution >= 0.6 is 0 Å². The minimum absolute atomic E-state index is 0.0927. The van der Waals surface area contributed by atoms with E-state index in [1.165, 1.54) is 37.0 Å². The van der Waals surface area contributed by atoms with E-state index in [1.807, 2.05) is 12.1 Å².